The van der Waals surface area contributed by atoms with Crippen molar-refractivity contribution in [3.05, 3.63) is 16.1 Å². The lowest BCUT2D eigenvalue weighted by atomic mass is 10.1. The zero-order chi connectivity index (χ0) is 17.6. The molecule has 7 nitrogen and oxygen atoms in total. The van der Waals surface area contributed by atoms with E-state index in [1.54, 1.807) is 11.1 Å². The Morgan fingerprint density at radius 3 is 2.68 bits per heavy atom. The molecule has 0 saturated carbocycles. The molecule has 0 N–H and O–H groups in total. The van der Waals surface area contributed by atoms with Crippen LogP contribution in [0.5, 0.6) is 0 Å². The molecule has 9 heteroatoms. The van der Waals surface area contributed by atoms with Crippen molar-refractivity contribution in [2.45, 2.75) is 31.5 Å². The van der Waals surface area contributed by atoms with Crippen LogP contribution in [0.1, 0.15) is 27.5 Å². The highest BCUT2D eigenvalue weighted by atomic mass is 32.2. The van der Waals surface area contributed by atoms with E-state index in [9.17, 15) is 13.2 Å². The van der Waals surface area contributed by atoms with Crippen molar-refractivity contribution < 1.29 is 13.2 Å². The largest absolute Gasteiger partial charge is 0.331 e. The van der Waals surface area contributed by atoms with Gasteiger partial charge in [0, 0.05) is 19.1 Å². The van der Waals surface area contributed by atoms with Gasteiger partial charge < -0.3 is 4.90 Å². The first-order valence-corrected chi connectivity index (χ1v) is 11.5. The van der Waals surface area contributed by atoms with E-state index in [4.69, 9.17) is 0 Å². The van der Waals surface area contributed by atoms with E-state index < -0.39 is 9.84 Å². The quantitative estimate of drug-likeness (QED) is 0.746. The van der Waals surface area contributed by atoms with Crippen LogP contribution in [0.3, 0.4) is 0 Å². The van der Waals surface area contributed by atoms with Gasteiger partial charge in [-0.2, -0.15) is 0 Å². The second kappa shape index (κ2) is 6.61. The molecule has 2 atom stereocenters. The summed E-state index contributed by atoms with van der Waals surface area (Å²) in [5, 5.41) is 0.968. The van der Waals surface area contributed by atoms with Crippen LogP contribution in [0, 0.1) is 0 Å². The number of likely N-dealkylation sites (tertiary alicyclic amines) is 1. The van der Waals surface area contributed by atoms with Crippen molar-refractivity contribution in [3.8, 4) is 0 Å². The second-order valence-corrected chi connectivity index (χ2v) is 10.6. The first kappa shape index (κ1) is 17.4. The van der Waals surface area contributed by atoms with E-state index in [0.717, 1.165) is 24.6 Å². The van der Waals surface area contributed by atoms with E-state index in [0.29, 0.717) is 18.0 Å². The molecule has 0 unspecified atom stereocenters. The normalized spacial score (nSPS) is 29.9. The standard InChI is InChI=1S/C16H24N4O3S2/c1-18-6-7-20(13-11-25(22,23)10-12(13)18)16(21)14-8-17-15(24-14)9-19-4-2-3-5-19/h8,12-13H,2-7,9-11H2,1H3/t12-,13+/m0/s1. The third-order valence-corrected chi connectivity index (χ3v) is 8.21. The minimum Gasteiger partial charge on any atom is -0.331 e. The number of carbonyl (C=O) groups excluding carboxylic acids is 1. The number of hydrogen-bond donors (Lipinski definition) is 0. The predicted molar refractivity (Wildman–Crippen MR) is 96.5 cm³/mol. The van der Waals surface area contributed by atoms with Gasteiger partial charge in [-0.25, -0.2) is 13.4 Å². The average Bonchev–Trinajstić information content (AvgIpc) is 3.27. The minimum atomic E-state index is -3.08. The van der Waals surface area contributed by atoms with Crippen LogP contribution in [0.15, 0.2) is 6.20 Å². The Labute approximate surface area is 152 Å². The first-order chi connectivity index (χ1) is 11.9. The zero-order valence-corrected chi connectivity index (χ0v) is 16.1. The van der Waals surface area contributed by atoms with Crippen LogP contribution in [0.25, 0.3) is 0 Å². The molecule has 0 radical (unpaired) electrons. The molecule has 3 aliphatic rings. The fraction of sp³-hybridized carbons (Fsp3) is 0.750. The molecule has 0 aliphatic carbocycles. The van der Waals surface area contributed by atoms with Gasteiger partial charge in [-0.3, -0.25) is 14.6 Å². The maximum Gasteiger partial charge on any atom is 0.265 e. The number of carbonyl (C=O) groups is 1. The van der Waals surface area contributed by atoms with Crippen molar-refractivity contribution in [1.82, 2.24) is 19.7 Å². The Kier molecular flexibility index (Phi) is 4.59. The SMILES string of the molecule is CN1CCN(C(=O)c2cnc(CN3CCCC3)s2)[C@@H]2CS(=O)(=O)C[C@@H]21. The third kappa shape index (κ3) is 3.47. The first-order valence-electron chi connectivity index (χ1n) is 8.82. The molecule has 0 bridgehead atoms. The van der Waals surface area contributed by atoms with Gasteiger partial charge >= 0.3 is 0 Å². The molecule has 3 saturated heterocycles. The summed E-state index contributed by atoms with van der Waals surface area (Å²) in [6.07, 6.45) is 4.13. The Morgan fingerprint density at radius 2 is 1.92 bits per heavy atom. The molecule has 1 aromatic rings. The van der Waals surface area contributed by atoms with Crippen molar-refractivity contribution in [2.24, 2.45) is 0 Å². The lowest BCUT2D eigenvalue weighted by Crippen LogP contribution is -2.59. The Morgan fingerprint density at radius 1 is 1.20 bits per heavy atom. The van der Waals surface area contributed by atoms with Gasteiger partial charge in [-0.15, -0.1) is 11.3 Å². The van der Waals surface area contributed by atoms with E-state index in [2.05, 4.69) is 14.8 Å². The summed E-state index contributed by atoms with van der Waals surface area (Å²) in [6, 6.07) is -0.319. The van der Waals surface area contributed by atoms with Crippen molar-refractivity contribution in [3.63, 3.8) is 0 Å². The van der Waals surface area contributed by atoms with E-state index in [1.807, 2.05) is 7.05 Å². The molecule has 138 valence electrons. The number of piperazine rings is 1. The predicted octanol–water partition coefficient (Wildman–Crippen LogP) is 0.292. The van der Waals surface area contributed by atoms with Gasteiger partial charge in [0.2, 0.25) is 0 Å². The Hall–Kier alpha value is -1.03. The van der Waals surface area contributed by atoms with Gasteiger partial charge in [0.15, 0.2) is 9.84 Å². The fourth-order valence-corrected chi connectivity index (χ4v) is 7.11. The summed E-state index contributed by atoms with van der Waals surface area (Å²) in [6.45, 7) is 4.29. The molecule has 3 aliphatic heterocycles. The number of sulfone groups is 1. The highest BCUT2D eigenvalue weighted by Gasteiger charge is 2.47. The number of amides is 1. The summed E-state index contributed by atoms with van der Waals surface area (Å²) in [7, 11) is -1.13. The van der Waals surface area contributed by atoms with E-state index >= 15 is 0 Å². The molecule has 4 rings (SSSR count). The second-order valence-electron chi connectivity index (χ2n) is 7.29. The van der Waals surface area contributed by atoms with E-state index in [1.165, 1.54) is 24.2 Å². The van der Waals surface area contributed by atoms with Crippen molar-refractivity contribution in [1.29, 1.82) is 0 Å². The molecule has 0 spiro atoms. The summed E-state index contributed by atoms with van der Waals surface area (Å²) in [5.41, 5.74) is 0. The van der Waals surface area contributed by atoms with Gasteiger partial charge in [0.1, 0.15) is 9.88 Å². The zero-order valence-electron chi connectivity index (χ0n) is 14.4. The molecule has 3 fully saturated rings. The Balaban J connectivity index is 1.49. The van der Waals surface area contributed by atoms with Gasteiger partial charge in [-0.05, 0) is 33.0 Å². The third-order valence-electron chi connectivity index (χ3n) is 5.54. The topological polar surface area (TPSA) is 73.8 Å². The molecule has 1 aromatic heterocycles. The highest BCUT2D eigenvalue weighted by molar-refractivity contribution is 7.91. The Bertz CT molecular complexity index is 757. The number of hydrogen-bond acceptors (Lipinski definition) is 7. The number of rotatable bonds is 3. The van der Waals surface area contributed by atoms with Gasteiger partial charge in [0.05, 0.1) is 30.3 Å². The van der Waals surface area contributed by atoms with Crippen LogP contribution < -0.4 is 0 Å². The van der Waals surface area contributed by atoms with Crippen molar-refractivity contribution >= 4 is 27.1 Å². The lowest BCUT2D eigenvalue weighted by molar-refractivity contribution is 0.0414. The fourth-order valence-electron chi connectivity index (χ4n) is 4.13. The van der Waals surface area contributed by atoms with Crippen LogP contribution >= 0.6 is 11.3 Å². The number of likely N-dealkylation sites (N-methyl/N-ethyl adjacent to an activating group) is 1. The maximum absolute atomic E-state index is 13.0. The van der Waals surface area contributed by atoms with Gasteiger partial charge in [-0.1, -0.05) is 0 Å². The van der Waals surface area contributed by atoms with Gasteiger partial charge in [0.25, 0.3) is 5.91 Å². The monoisotopic (exact) mass is 384 g/mol. The van der Waals surface area contributed by atoms with Crippen LogP contribution in [-0.4, -0.2) is 90.8 Å². The van der Waals surface area contributed by atoms with Crippen LogP contribution in [0.2, 0.25) is 0 Å². The molecular formula is C16H24N4O3S2. The maximum atomic E-state index is 13.0. The average molecular weight is 385 g/mol. The minimum absolute atomic E-state index is 0.0645. The molecule has 1 amide bonds. The number of aromatic nitrogens is 1. The van der Waals surface area contributed by atoms with E-state index in [-0.39, 0.29) is 29.5 Å². The molecular weight excluding hydrogens is 360 g/mol. The van der Waals surface area contributed by atoms with Crippen molar-refractivity contribution in [2.75, 3.05) is 44.7 Å². The number of thiazole rings is 1. The summed E-state index contributed by atoms with van der Waals surface area (Å²) in [5.74, 6) is 0.166. The molecule has 4 heterocycles. The highest BCUT2D eigenvalue weighted by Crippen LogP contribution is 2.28. The smallest absolute Gasteiger partial charge is 0.265 e. The van der Waals surface area contributed by atoms with Crippen LogP contribution in [-0.2, 0) is 16.4 Å². The molecule has 25 heavy (non-hydrogen) atoms. The van der Waals surface area contributed by atoms with Crippen LogP contribution in [0.4, 0.5) is 0 Å². The summed E-state index contributed by atoms with van der Waals surface area (Å²) < 4.78 is 24.1. The number of fused-ring (bicyclic) bond motifs is 1. The molecule has 0 aromatic carbocycles. The summed E-state index contributed by atoms with van der Waals surface area (Å²) >= 11 is 1.45. The number of nitrogens with zero attached hydrogens (tertiary/aromatic N) is 4. The summed E-state index contributed by atoms with van der Waals surface area (Å²) in [4.78, 5) is 24.2. The lowest BCUT2D eigenvalue weighted by Gasteiger charge is -2.42.